The second kappa shape index (κ2) is 6.58. The van der Waals surface area contributed by atoms with Crippen LogP contribution in [0.5, 0.6) is 0 Å². The van der Waals surface area contributed by atoms with Crippen molar-refractivity contribution in [3.8, 4) is 0 Å². The molecule has 0 amide bonds. The number of hydrogen-bond donors (Lipinski definition) is 1. The number of hydrogen-bond acceptors (Lipinski definition) is 2. The van der Waals surface area contributed by atoms with Crippen molar-refractivity contribution in [2.75, 3.05) is 19.6 Å². The maximum Gasteiger partial charge on any atom is 0.0119 e. The summed E-state index contributed by atoms with van der Waals surface area (Å²) in [7, 11) is 0. The Kier molecular flexibility index (Phi) is 4.95. The van der Waals surface area contributed by atoms with Crippen molar-refractivity contribution < 1.29 is 0 Å². The molecule has 3 aliphatic rings. The Morgan fingerprint density at radius 3 is 2.43 bits per heavy atom. The molecule has 0 aromatic carbocycles. The lowest BCUT2D eigenvalue weighted by Gasteiger charge is -2.44. The van der Waals surface area contributed by atoms with Crippen molar-refractivity contribution in [1.29, 1.82) is 0 Å². The molecule has 1 N–H and O–H groups in total. The van der Waals surface area contributed by atoms with E-state index in [1.807, 2.05) is 0 Å². The molecule has 3 fully saturated rings. The highest BCUT2D eigenvalue weighted by Gasteiger charge is 2.39. The molecule has 0 bridgehead atoms. The van der Waals surface area contributed by atoms with Gasteiger partial charge in [0.15, 0.2) is 0 Å². The van der Waals surface area contributed by atoms with Crippen molar-refractivity contribution in [2.24, 2.45) is 17.3 Å². The zero-order chi connectivity index (χ0) is 14.9. The summed E-state index contributed by atoms with van der Waals surface area (Å²) in [5.41, 5.74) is 0.576. The van der Waals surface area contributed by atoms with E-state index in [1.54, 1.807) is 0 Å². The Labute approximate surface area is 132 Å². The second-order valence-electron chi connectivity index (χ2n) is 8.76. The Morgan fingerprint density at radius 1 is 1.10 bits per heavy atom. The van der Waals surface area contributed by atoms with Gasteiger partial charge in [0.1, 0.15) is 0 Å². The van der Waals surface area contributed by atoms with Crippen LogP contribution < -0.4 is 5.32 Å². The summed E-state index contributed by atoms with van der Waals surface area (Å²) in [6, 6.07) is 1.71. The minimum absolute atomic E-state index is 0.576. The minimum atomic E-state index is 0.576. The van der Waals surface area contributed by atoms with Crippen LogP contribution in [0.15, 0.2) is 0 Å². The molecule has 2 aliphatic carbocycles. The highest BCUT2D eigenvalue weighted by atomic mass is 15.2. The zero-order valence-electron chi connectivity index (χ0n) is 14.5. The van der Waals surface area contributed by atoms with Crippen molar-refractivity contribution in [3.63, 3.8) is 0 Å². The first-order valence-electron chi connectivity index (χ1n) is 9.55. The highest BCUT2D eigenvalue weighted by Crippen LogP contribution is 2.41. The molecule has 0 aromatic heterocycles. The van der Waals surface area contributed by atoms with E-state index in [0.29, 0.717) is 5.41 Å². The molecule has 0 radical (unpaired) electrons. The van der Waals surface area contributed by atoms with Crippen LogP contribution in [-0.4, -0.2) is 36.6 Å². The van der Waals surface area contributed by atoms with E-state index in [0.717, 1.165) is 23.9 Å². The molecule has 0 spiro atoms. The van der Waals surface area contributed by atoms with Crippen LogP contribution in [0.4, 0.5) is 0 Å². The molecule has 2 nitrogen and oxygen atoms in total. The number of nitrogens with zero attached hydrogens (tertiary/aromatic N) is 1. The highest BCUT2D eigenvalue weighted by molar-refractivity contribution is 4.95. The van der Waals surface area contributed by atoms with Crippen molar-refractivity contribution in [1.82, 2.24) is 10.2 Å². The SMILES string of the molecule is CC1CCC(CNC2CC2)(CN2CCCC2C(C)C)CC1. The third kappa shape index (κ3) is 4.01. The predicted molar refractivity (Wildman–Crippen MR) is 90.5 cm³/mol. The molecule has 1 saturated heterocycles. The molecule has 3 rings (SSSR count). The van der Waals surface area contributed by atoms with Crippen LogP contribution in [0.1, 0.15) is 72.1 Å². The van der Waals surface area contributed by atoms with E-state index >= 15 is 0 Å². The predicted octanol–water partition coefficient (Wildman–Crippen LogP) is 4.06. The van der Waals surface area contributed by atoms with Crippen LogP contribution >= 0.6 is 0 Å². The van der Waals surface area contributed by atoms with E-state index < -0.39 is 0 Å². The van der Waals surface area contributed by atoms with Gasteiger partial charge in [-0.2, -0.15) is 0 Å². The first kappa shape index (κ1) is 15.8. The van der Waals surface area contributed by atoms with Crippen molar-refractivity contribution in [2.45, 2.75) is 84.2 Å². The average Bonchev–Trinajstić information content (AvgIpc) is 3.18. The molecule has 1 aliphatic heterocycles. The van der Waals surface area contributed by atoms with Gasteiger partial charge in [0.05, 0.1) is 0 Å². The first-order chi connectivity index (χ1) is 10.1. The fourth-order valence-electron chi connectivity index (χ4n) is 4.65. The molecular formula is C19H36N2. The molecule has 1 heterocycles. The van der Waals surface area contributed by atoms with Gasteiger partial charge in [-0.25, -0.2) is 0 Å². The third-order valence-corrected chi connectivity index (χ3v) is 6.40. The zero-order valence-corrected chi connectivity index (χ0v) is 14.5. The normalized spacial score (nSPS) is 38.3. The van der Waals surface area contributed by atoms with E-state index in [4.69, 9.17) is 0 Å². The second-order valence-corrected chi connectivity index (χ2v) is 8.76. The van der Waals surface area contributed by atoms with Gasteiger partial charge in [0.25, 0.3) is 0 Å². The molecule has 2 saturated carbocycles. The summed E-state index contributed by atoms with van der Waals surface area (Å²) < 4.78 is 0. The topological polar surface area (TPSA) is 15.3 Å². The standard InChI is InChI=1S/C19H36N2/c1-15(2)18-5-4-12-21(18)14-19(13-20-17-6-7-17)10-8-16(3)9-11-19/h15-18,20H,4-14H2,1-3H3. The Balaban J connectivity index is 1.63. The Morgan fingerprint density at radius 2 is 1.81 bits per heavy atom. The number of rotatable bonds is 6. The van der Waals surface area contributed by atoms with Gasteiger partial charge in [-0.05, 0) is 62.3 Å². The van der Waals surface area contributed by atoms with Gasteiger partial charge in [-0.1, -0.05) is 33.6 Å². The van der Waals surface area contributed by atoms with Crippen LogP contribution in [0.25, 0.3) is 0 Å². The molecule has 122 valence electrons. The van der Waals surface area contributed by atoms with Gasteiger partial charge in [-0.3, -0.25) is 4.90 Å². The fraction of sp³-hybridized carbons (Fsp3) is 1.00. The third-order valence-electron chi connectivity index (χ3n) is 6.40. The molecule has 0 aromatic rings. The monoisotopic (exact) mass is 292 g/mol. The first-order valence-corrected chi connectivity index (χ1v) is 9.55. The lowest BCUT2D eigenvalue weighted by Crippen LogP contribution is -2.48. The average molecular weight is 293 g/mol. The smallest absolute Gasteiger partial charge is 0.0119 e. The molecule has 2 heteroatoms. The Hall–Kier alpha value is -0.0800. The summed E-state index contributed by atoms with van der Waals surface area (Å²) in [6.45, 7) is 11.3. The lowest BCUT2D eigenvalue weighted by molar-refractivity contribution is 0.0691. The lowest BCUT2D eigenvalue weighted by atomic mass is 9.70. The number of nitrogens with one attached hydrogen (secondary N) is 1. The van der Waals surface area contributed by atoms with E-state index in [9.17, 15) is 0 Å². The van der Waals surface area contributed by atoms with Crippen molar-refractivity contribution in [3.05, 3.63) is 0 Å². The van der Waals surface area contributed by atoms with Gasteiger partial charge in [0, 0.05) is 25.2 Å². The van der Waals surface area contributed by atoms with Gasteiger partial charge >= 0.3 is 0 Å². The number of likely N-dealkylation sites (tertiary alicyclic amines) is 1. The molecule has 1 unspecified atom stereocenters. The van der Waals surface area contributed by atoms with Crippen molar-refractivity contribution >= 4 is 0 Å². The summed E-state index contributed by atoms with van der Waals surface area (Å²) in [5, 5.41) is 3.87. The maximum absolute atomic E-state index is 3.87. The van der Waals surface area contributed by atoms with E-state index in [2.05, 4.69) is 31.0 Å². The maximum atomic E-state index is 3.87. The minimum Gasteiger partial charge on any atom is -0.313 e. The van der Waals surface area contributed by atoms with E-state index in [1.165, 1.54) is 71.0 Å². The molecular weight excluding hydrogens is 256 g/mol. The quantitative estimate of drug-likeness (QED) is 0.794. The van der Waals surface area contributed by atoms with Crippen LogP contribution in [0.2, 0.25) is 0 Å². The van der Waals surface area contributed by atoms with Gasteiger partial charge in [-0.15, -0.1) is 0 Å². The fourth-order valence-corrected chi connectivity index (χ4v) is 4.65. The van der Waals surface area contributed by atoms with Gasteiger partial charge < -0.3 is 5.32 Å². The summed E-state index contributed by atoms with van der Waals surface area (Å²) in [4.78, 5) is 2.86. The Bertz CT molecular complexity index is 326. The summed E-state index contributed by atoms with van der Waals surface area (Å²) in [5.74, 6) is 1.78. The summed E-state index contributed by atoms with van der Waals surface area (Å²) >= 11 is 0. The van der Waals surface area contributed by atoms with E-state index in [-0.39, 0.29) is 0 Å². The van der Waals surface area contributed by atoms with Crippen LogP contribution in [0, 0.1) is 17.3 Å². The van der Waals surface area contributed by atoms with Crippen LogP contribution in [-0.2, 0) is 0 Å². The molecule has 1 atom stereocenters. The molecule has 21 heavy (non-hydrogen) atoms. The van der Waals surface area contributed by atoms with Gasteiger partial charge in [0.2, 0.25) is 0 Å². The largest absolute Gasteiger partial charge is 0.313 e. The van der Waals surface area contributed by atoms with Crippen LogP contribution in [0.3, 0.4) is 0 Å². The summed E-state index contributed by atoms with van der Waals surface area (Å²) in [6.07, 6.45) is 11.5.